The molecule has 54 valence electrons. The second-order valence-corrected chi connectivity index (χ2v) is 2.78. The smallest absolute Gasteiger partial charge is 0.0516 e. The Bertz CT molecular complexity index is 97.1. The van der Waals surface area contributed by atoms with Crippen LogP contribution in [0, 0.1) is 5.41 Å². The van der Waals surface area contributed by atoms with Gasteiger partial charge in [-0.1, -0.05) is 26.0 Å². The number of hydrogen-bond acceptors (Lipinski definition) is 2. The fourth-order valence-electron chi connectivity index (χ4n) is 0.440. The summed E-state index contributed by atoms with van der Waals surface area (Å²) >= 11 is 0. The lowest BCUT2D eigenvalue weighted by atomic mass is 9.94. The summed E-state index contributed by atoms with van der Waals surface area (Å²) in [5, 5.41) is 8.73. The predicted octanol–water partition coefficient (Wildman–Crippen LogP) is 0.520. The molecular weight excluding hydrogens is 114 g/mol. The van der Waals surface area contributed by atoms with E-state index in [0.29, 0.717) is 6.54 Å². The molecule has 0 amide bonds. The molecule has 0 unspecified atom stereocenters. The van der Waals surface area contributed by atoms with Gasteiger partial charge in [0.05, 0.1) is 6.61 Å². The van der Waals surface area contributed by atoms with E-state index < -0.39 is 0 Å². The van der Waals surface area contributed by atoms with Crippen LogP contribution in [0.15, 0.2) is 12.2 Å². The molecule has 0 aliphatic heterocycles. The van der Waals surface area contributed by atoms with Gasteiger partial charge in [0.2, 0.25) is 0 Å². The van der Waals surface area contributed by atoms with Crippen LogP contribution in [-0.2, 0) is 0 Å². The van der Waals surface area contributed by atoms with Crippen molar-refractivity contribution in [3.8, 4) is 0 Å². The van der Waals surface area contributed by atoms with E-state index in [9.17, 15) is 0 Å². The number of aliphatic hydroxyl groups excluding tert-OH is 1. The normalized spacial score (nSPS) is 12.9. The standard InChI is InChI=1S/C7H15NO/c1-7(2,6-9)4-3-5-8/h3-4,9H,5-6,8H2,1-2H3/b4-3+. The summed E-state index contributed by atoms with van der Waals surface area (Å²) < 4.78 is 0. The highest BCUT2D eigenvalue weighted by Crippen LogP contribution is 2.14. The summed E-state index contributed by atoms with van der Waals surface area (Å²) in [6.07, 6.45) is 3.78. The van der Waals surface area contributed by atoms with Crippen molar-refractivity contribution in [2.24, 2.45) is 11.1 Å². The average molecular weight is 129 g/mol. The van der Waals surface area contributed by atoms with Crippen molar-refractivity contribution in [1.82, 2.24) is 0 Å². The molecule has 2 nitrogen and oxygen atoms in total. The molecular formula is C7H15NO. The highest BCUT2D eigenvalue weighted by atomic mass is 16.3. The molecule has 0 aromatic heterocycles. The van der Waals surface area contributed by atoms with E-state index in [2.05, 4.69) is 0 Å². The lowest BCUT2D eigenvalue weighted by Gasteiger charge is -2.14. The summed E-state index contributed by atoms with van der Waals surface area (Å²) in [6.45, 7) is 4.63. The molecule has 0 saturated heterocycles. The largest absolute Gasteiger partial charge is 0.395 e. The predicted molar refractivity (Wildman–Crippen MR) is 39.1 cm³/mol. The van der Waals surface area contributed by atoms with E-state index in [1.807, 2.05) is 26.0 Å². The molecule has 0 aliphatic rings. The van der Waals surface area contributed by atoms with E-state index in [-0.39, 0.29) is 12.0 Å². The van der Waals surface area contributed by atoms with Gasteiger partial charge in [0.25, 0.3) is 0 Å². The SMILES string of the molecule is CC(C)(/C=C/CN)CO. The van der Waals surface area contributed by atoms with Crippen LogP contribution in [0.3, 0.4) is 0 Å². The first-order valence-corrected chi connectivity index (χ1v) is 3.11. The molecule has 0 radical (unpaired) electrons. The molecule has 2 heteroatoms. The van der Waals surface area contributed by atoms with E-state index in [1.54, 1.807) is 0 Å². The summed E-state index contributed by atoms with van der Waals surface area (Å²) in [5.41, 5.74) is 5.11. The topological polar surface area (TPSA) is 46.2 Å². The van der Waals surface area contributed by atoms with Gasteiger partial charge in [0.1, 0.15) is 0 Å². The van der Waals surface area contributed by atoms with Crippen LogP contribution in [0.1, 0.15) is 13.8 Å². The Balaban J connectivity index is 3.70. The average Bonchev–Trinajstić information content (AvgIpc) is 1.84. The third kappa shape index (κ3) is 4.18. The van der Waals surface area contributed by atoms with Gasteiger partial charge in [0, 0.05) is 12.0 Å². The molecule has 0 heterocycles. The number of nitrogens with two attached hydrogens (primary N) is 1. The Hall–Kier alpha value is -0.340. The first-order chi connectivity index (χ1) is 4.12. The zero-order valence-electron chi connectivity index (χ0n) is 6.09. The third-order valence-electron chi connectivity index (χ3n) is 1.11. The van der Waals surface area contributed by atoms with Crippen molar-refractivity contribution < 1.29 is 5.11 Å². The van der Waals surface area contributed by atoms with Crippen LogP contribution in [0.2, 0.25) is 0 Å². The summed E-state index contributed by atoms with van der Waals surface area (Å²) in [7, 11) is 0. The van der Waals surface area contributed by atoms with Gasteiger partial charge in [-0.05, 0) is 0 Å². The van der Waals surface area contributed by atoms with Crippen molar-refractivity contribution in [2.75, 3.05) is 13.2 Å². The van der Waals surface area contributed by atoms with E-state index in [0.717, 1.165) is 0 Å². The van der Waals surface area contributed by atoms with Gasteiger partial charge in [-0.25, -0.2) is 0 Å². The molecule has 0 bridgehead atoms. The minimum Gasteiger partial charge on any atom is -0.395 e. The van der Waals surface area contributed by atoms with Gasteiger partial charge in [-0.15, -0.1) is 0 Å². The second-order valence-electron chi connectivity index (χ2n) is 2.78. The lowest BCUT2D eigenvalue weighted by Crippen LogP contribution is -2.13. The first-order valence-electron chi connectivity index (χ1n) is 3.11. The van der Waals surface area contributed by atoms with Crippen LogP contribution in [0.4, 0.5) is 0 Å². The maximum atomic E-state index is 8.73. The number of aliphatic hydroxyl groups is 1. The summed E-state index contributed by atoms with van der Waals surface area (Å²) in [6, 6.07) is 0. The Morgan fingerprint density at radius 3 is 2.44 bits per heavy atom. The van der Waals surface area contributed by atoms with Crippen molar-refractivity contribution in [3.63, 3.8) is 0 Å². The monoisotopic (exact) mass is 129 g/mol. The molecule has 0 aromatic rings. The van der Waals surface area contributed by atoms with Crippen LogP contribution < -0.4 is 5.73 Å². The zero-order valence-corrected chi connectivity index (χ0v) is 6.09. The molecule has 0 rings (SSSR count). The molecule has 0 saturated carbocycles. The van der Waals surface area contributed by atoms with Gasteiger partial charge < -0.3 is 10.8 Å². The second kappa shape index (κ2) is 3.64. The van der Waals surface area contributed by atoms with Gasteiger partial charge >= 0.3 is 0 Å². The highest BCUT2D eigenvalue weighted by Gasteiger charge is 2.09. The number of hydrogen-bond donors (Lipinski definition) is 2. The minimum atomic E-state index is -0.112. The first kappa shape index (κ1) is 8.66. The van der Waals surface area contributed by atoms with Gasteiger partial charge in [-0.2, -0.15) is 0 Å². The molecule has 0 atom stereocenters. The van der Waals surface area contributed by atoms with E-state index in [4.69, 9.17) is 10.8 Å². The zero-order chi connectivity index (χ0) is 7.33. The van der Waals surface area contributed by atoms with Crippen LogP contribution in [-0.4, -0.2) is 18.3 Å². The maximum absolute atomic E-state index is 8.73. The van der Waals surface area contributed by atoms with Crippen LogP contribution >= 0.6 is 0 Å². The quantitative estimate of drug-likeness (QED) is 0.546. The summed E-state index contributed by atoms with van der Waals surface area (Å²) in [4.78, 5) is 0. The molecule has 3 N–H and O–H groups in total. The lowest BCUT2D eigenvalue weighted by molar-refractivity contribution is 0.199. The Morgan fingerprint density at radius 1 is 1.56 bits per heavy atom. The minimum absolute atomic E-state index is 0.112. The fourth-order valence-corrected chi connectivity index (χ4v) is 0.440. The third-order valence-corrected chi connectivity index (χ3v) is 1.11. The Labute approximate surface area is 56.4 Å². The van der Waals surface area contributed by atoms with E-state index >= 15 is 0 Å². The molecule has 0 spiro atoms. The van der Waals surface area contributed by atoms with Crippen LogP contribution in [0.25, 0.3) is 0 Å². The fraction of sp³-hybridized carbons (Fsp3) is 0.714. The molecule has 0 fully saturated rings. The Morgan fingerprint density at radius 2 is 2.11 bits per heavy atom. The molecule has 9 heavy (non-hydrogen) atoms. The number of rotatable bonds is 3. The summed E-state index contributed by atoms with van der Waals surface area (Å²) in [5.74, 6) is 0. The van der Waals surface area contributed by atoms with Gasteiger partial charge in [0.15, 0.2) is 0 Å². The maximum Gasteiger partial charge on any atom is 0.0516 e. The van der Waals surface area contributed by atoms with Crippen molar-refractivity contribution in [1.29, 1.82) is 0 Å². The van der Waals surface area contributed by atoms with Gasteiger partial charge in [-0.3, -0.25) is 0 Å². The van der Waals surface area contributed by atoms with Crippen LogP contribution in [0.5, 0.6) is 0 Å². The van der Waals surface area contributed by atoms with E-state index in [1.165, 1.54) is 0 Å². The molecule has 0 aromatic carbocycles. The highest BCUT2D eigenvalue weighted by molar-refractivity contribution is 4.94. The molecule has 0 aliphatic carbocycles. The van der Waals surface area contributed by atoms with Crippen molar-refractivity contribution in [3.05, 3.63) is 12.2 Å². The van der Waals surface area contributed by atoms with Crippen molar-refractivity contribution in [2.45, 2.75) is 13.8 Å². The van der Waals surface area contributed by atoms with Crippen molar-refractivity contribution >= 4 is 0 Å². The Kier molecular flexibility index (Phi) is 3.50.